The molecule has 15 heteroatoms. The van der Waals surface area contributed by atoms with Crippen molar-refractivity contribution in [1.29, 1.82) is 0 Å². The van der Waals surface area contributed by atoms with Crippen molar-refractivity contribution < 1.29 is 43.7 Å². The molecule has 12 nitrogen and oxygen atoms in total. The molecule has 0 aliphatic carbocycles. The quantitative estimate of drug-likeness (QED) is 0.202. The van der Waals surface area contributed by atoms with Crippen molar-refractivity contribution in [3.05, 3.63) is 36.4 Å². The van der Waals surface area contributed by atoms with Crippen LogP contribution >= 0.6 is 0 Å². The molecule has 0 aliphatic heterocycles. The van der Waals surface area contributed by atoms with Crippen molar-refractivity contribution in [2.24, 2.45) is 5.73 Å². The van der Waals surface area contributed by atoms with Crippen LogP contribution in [0.15, 0.2) is 51.1 Å². The van der Waals surface area contributed by atoms with Gasteiger partial charge in [0, 0.05) is 32.3 Å². The molecule has 6 N–H and O–H groups in total. The van der Waals surface area contributed by atoms with Crippen molar-refractivity contribution in [2.75, 3.05) is 5.32 Å². The van der Waals surface area contributed by atoms with Gasteiger partial charge in [0.2, 0.25) is 0 Å². The molecule has 0 aromatic heterocycles. The molecule has 0 aliphatic rings. The van der Waals surface area contributed by atoms with Crippen LogP contribution in [0.1, 0.15) is 0 Å². The first kappa shape index (κ1) is 22.1. The SMILES string of the molecule is NC(=O)Nc1cc(S(=O)(=O)O)c2ccc3c(S(=O)(=O)O)cc(S(=O)(=O)O)c4ccc1c2c43. The number of rotatable bonds is 4. The van der Waals surface area contributed by atoms with E-state index in [4.69, 9.17) is 5.73 Å². The van der Waals surface area contributed by atoms with Crippen LogP contribution in [-0.2, 0) is 30.4 Å². The maximum absolute atomic E-state index is 12.0. The minimum atomic E-state index is -5.01. The van der Waals surface area contributed by atoms with Crippen LogP contribution in [0, 0.1) is 0 Å². The van der Waals surface area contributed by atoms with Crippen molar-refractivity contribution in [2.45, 2.75) is 14.7 Å². The van der Waals surface area contributed by atoms with Crippen LogP contribution in [0.25, 0.3) is 32.3 Å². The standard InChI is InChI=1S/C17H12N2O10S3/c18-17(20)19-11-5-12(30(21,22)23)8-3-4-10-14(32(27,28)29)6-13(31(24,25)26)9-2-1-7(11)15(8)16(9)10/h1-6H,(H3,18,19,20)(H,21,22,23)(H,24,25,26)(H,27,28,29). The number of carbonyl (C=O) groups is 1. The van der Waals surface area contributed by atoms with Crippen molar-refractivity contribution >= 4 is 74.4 Å². The van der Waals surface area contributed by atoms with E-state index in [1.807, 2.05) is 0 Å². The average molecular weight is 500 g/mol. The highest BCUT2D eigenvalue weighted by atomic mass is 32.2. The molecule has 4 aromatic rings. The van der Waals surface area contributed by atoms with Gasteiger partial charge in [-0.25, -0.2) is 4.79 Å². The fraction of sp³-hybridized carbons (Fsp3) is 0. The maximum Gasteiger partial charge on any atom is 0.316 e. The number of hydrogen-bond donors (Lipinski definition) is 5. The van der Waals surface area contributed by atoms with Gasteiger partial charge in [-0.05, 0) is 12.1 Å². The van der Waals surface area contributed by atoms with Crippen molar-refractivity contribution in [3.8, 4) is 0 Å². The van der Waals surface area contributed by atoms with Crippen LogP contribution in [0.5, 0.6) is 0 Å². The van der Waals surface area contributed by atoms with Crippen LogP contribution in [0.4, 0.5) is 10.5 Å². The van der Waals surface area contributed by atoms with E-state index in [0.717, 1.165) is 18.2 Å². The van der Waals surface area contributed by atoms with Gasteiger partial charge in [0.1, 0.15) is 14.7 Å². The van der Waals surface area contributed by atoms with Gasteiger partial charge in [-0.2, -0.15) is 25.3 Å². The van der Waals surface area contributed by atoms with Crippen LogP contribution in [0.3, 0.4) is 0 Å². The van der Waals surface area contributed by atoms with Gasteiger partial charge in [-0.3, -0.25) is 13.7 Å². The monoisotopic (exact) mass is 500 g/mol. The summed E-state index contributed by atoms with van der Waals surface area (Å²) in [5.41, 5.74) is 4.95. The van der Waals surface area contributed by atoms with Gasteiger partial charge >= 0.3 is 6.03 Å². The highest BCUT2D eigenvalue weighted by molar-refractivity contribution is 7.87. The van der Waals surface area contributed by atoms with Crippen LogP contribution in [0.2, 0.25) is 0 Å². The van der Waals surface area contributed by atoms with E-state index in [1.54, 1.807) is 0 Å². The number of anilines is 1. The van der Waals surface area contributed by atoms with E-state index in [1.165, 1.54) is 12.1 Å². The summed E-state index contributed by atoms with van der Waals surface area (Å²) in [7, 11) is -14.9. The second-order valence-corrected chi connectivity index (χ2v) is 11.0. The zero-order valence-electron chi connectivity index (χ0n) is 15.5. The molecule has 0 saturated carbocycles. The summed E-state index contributed by atoms with van der Waals surface area (Å²) in [4.78, 5) is 9.01. The second kappa shape index (κ2) is 6.71. The number of benzene rings is 4. The zero-order valence-corrected chi connectivity index (χ0v) is 17.9. The molecule has 0 radical (unpaired) electrons. The Morgan fingerprint density at radius 2 is 1.00 bits per heavy atom. The molecule has 4 aromatic carbocycles. The largest absolute Gasteiger partial charge is 0.351 e. The van der Waals surface area contributed by atoms with Crippen LogP contribution < -0.4 is 11.1 Å². The Morgan fingerprint density at radius 3 is 1.38 bits per heavy atom. The predicted octanol–water partition coefficient (Wildman–Crippen LogP) is 1.81. The van der Waals surface area contributed by atoms with Gasteiger partial charge in [0.05, 0.1) is 5.69 Å². The summed E-state index contributed by atoms with van der Waals surface area (Å²) in [6.07, 6.45) is 0. The minimum Gasteiger partial charge on any atom is -0.351 e. The Kier molecular flexibility index (Phi) is 4.64. The third-order valence-electron chi connectivity index (χ3n) is 4.88. The maximum atomic E-state index is 12.0. The lowest BCUT2D eigenvalue weighted by atomic mass is 9.93. The summed E-state index contributed by atoms with van der Waals surface area (Å²) >= 11 is 0. The molecule has 0 saturated heterocycles. The molecule has 2 amide bonds. The Hall–Kier alpha value is -3.08. The fourth-order valence-corrected chi connectivity index (χ4v) is 5.99. The van der Waals surface area contributed by atoms with Crippen molar-refractivity contribution in [3.63, 3.8) is 0 Å². The van der Waals surface area contributed by atoms with Gasteiger partial charge in [-0.1, -0.05) is 24.3 Å². The molecule has 0 atom stereocenters. The molecule has 168 valence electrons. The number of primary amides is 1. The number of carbonyl (C=O) groups excluding carboxylic acids is 1. The lowest BCUT2D eigenvalue weighted by molar-refractivity contribution is 0.259. The fourth-order valence-electron chi connectivity index (χ4n) is 3.77. The van der Waals surface area contributed by atoms with E-state index in [0.29, 0.717) is 6.07 Å². The predicted molar refractivity (Wildman–Crippen MR) is 113 cm³/mol. The molecule has 32 heavy (non-hydrogen) atoms. The lowest BCUT2D eigenvalue weighted by Crippen LogP contribution is -2.20. The Balaban J connectivity index is 2.43. The molecule has 0 heterocycles. The molecule has 0 spiro atoms. The molecular formula is C17H12N2O10S3. The van der Waals surface area contributed by atoms with E-state index < -0.39 is 51.1 Å². The number of hydrogen-bond acceptors (Lipinski definition) is 7. The number of nitrogens with two attached hydrogens (primary N) is 1. The molecule has 0 fully saturated rings. The van der Waals surface area contributed by atoms with Gasteiger partial charge in [0.15, 0.2) is 0 Å². The van der Waals surface area contributed by atoms with Gasteiger partial charge in [0.25, 0.3) is 30.4 Å². The number of urea groups is 1. The van der Waals surface area contributed by atoms with E-state index in [9.17, 15) is 43.7 Å². The first-order valence-corrected chi connectivity index (χ1v) is 12.7. The molecule has 4 rings (SSSR count). The normalized spacial score (nSPS) is 13.2. The topological polar surface area (TPSA) is 218 Å². The zero-order chi connectivity index (χ0) is 23.8. The minimum absolute atomic E-state index is 0.0747. The molecule has 0 unspecified atom stereocenters. The second-order valence-electron chi connectivity index (χ2n) is 6.78. The summed E-state index contributed by atoms with van der Waals surface area (Å²) in [6.45, 7) is 0. The summed E-state index contributed by atoms with van der Waals surface area (Å²) in [6, 6.07) is 5.14. The third kappa shape index (κ3) is 3.40. The highest BCUT2D eigenvalue weighted by Gasteiger charge is 2.28. The van der Waals surface area contributed by atoms with E-state index in [-0.39, 0.29) is 38.0 Å². The molecule has 0 bridgehead atoms. The Morgan fingerprint density at radius 1 is 0.656 bits per heavy atom. The number of amides is 2. The smallest absolute Gasteiger partial charge is 0.316 e. The Bertz CT molecular complexity index is 1740. The van der Waals surface area contributed by atoms with Gasteiger partial charge < -0.3 is 11.1 Å². The first-order chi connectivity index (χ1) is 14.6. The Labute approximate surface area is 180 Å². The molecular weight excluding hydrogens is 488 g/mol. The van der Waals surface area contributed by atoms with Crippen LogP contribution in [-0.4, -0.2) is 44.9 Å². The number of nitrogens with one attached hydrogen (secondary N) is 1. The summed E-state index contributed by atoms with van der Waals surface area (Å²) in [5.74, 6) is 0. The van der Waals surface area contributed by atoms with E-state index in [2.05, 4.69) is 5.32 Å². The summed E-state index contributed by atoms with van der Waals surface area (Å²) in [5, 5.41) is 1.50. The average Bonchev–Trinajstić information content (AvgIpc) is 2.63. The third-order valence-corrected chi connectivity index (χ3v) is 7.56. The van der Waals surface area contributed by atoms with E-state index >= 15 is 0 Å². The first-order valence-electron chi connectivity index (χ1n) is 8.38. The lowest BCUT2D eigenvalue weighted by Gasteiger charge is -2.18. The summed E-state index contributed by atoms with van der Waals surface area (Å²) < 4.78 is 101. The van der Waals surface area contributed by atoms with Gasteiger partial charge in [-0.15, -0.1) is 0 Å². The highest BCUT2D eigenvalue weighted by Crippen LogP contribution is 2.44. The van der Waals surface area contributed by atoms with Crippen molar-refractivity contribution in [1.82, 2.24) is 0 Å².